The first-order chi connectivity index (χ1) is 12.5. The number of hydrogen-bond acceptors (Lipinski definition) is 5. The Morgan fingerprint density at radius 1 is 1.19 bits per heavy atom. The zero-order chi connectivity index (χ0) is 18.7. The van der Waals surface area contributed by atoms with Gasteiger partial charge in [0.2, 0.25) is 0 Å². The molecule has 3 aromatic rings. The second-order valence-electron chi connectivity index (χ2n) is 5.79. The minimum Gasteiger partial charge on any atom is -0.480 e. The van der Waals surface area contributed by atoms with Crippen molar-refractivity contribution in [1.29, 1.82) is 0 Å². The van der Waals surface area contributed by atoms with Crippen molar-refractivity contribution in [3.05, 3.63) is 70.2 Å². The molecule has 0 fully saturated rings. The molecule has 1 atom stereocenters. The van der Waals surface area contributed by atoms with E-state index in [1.165, 1.54) is 25.3 Å². The molecule has 0 bridgehead atoms. The third kappa shape index (κ3) is 3.37. The zero-order valence-corrected chi connectivity index (χ0v) is 14.0. The third-order valence-corrected chi connectivity index (χ3v) is 4.18. The van der Waals surface area contributed by atoms with E-state index in [9.17, 15) is 19.5 Å². The number of hydrogen-bond donors (Lipinski definition) is 1. The molecule has 134 valence electrons. The lowest BCUT2D eigenvalue weighted by atomic mass is 10.0. The first-order valence-corrected chi connectivity index (χ1v) is 8.01. The highest BCUT2D eigenvalue weighted by Crippen LogP contribution is 2.22. The lowest BCUT2D eigenvalue weighted by molar-refractivity contribution is -0.141. The van der Waals surface area contributed by atoms with Crippen LogP contribution in [0, 0.1) is 0 Å². The Morgan fingerprint density at radius 2 is 1.92 bits per heavy atom. The fraction of sp³-hybridized carbons (Fsp3) is 0.211. The van der Waals surface area contributed by atoms with Crippen molar-refractivity contribution in [2.45, 2.75) is 18.9 Å². The number of nitrogens with zero attached hydrogens (tertiary/aromatic N) is 1. The third-order valence-electron chi connectivity index (χ3n) is 4.18. The summed E-state index contributed by atoms with van der Waals surface area (Å²) >= 11 is 0. The van der Waals surface area contributed by atoms with Crippen molar-refractivity contribution in [3.8, 4) is 0 Å². The first-order valence-electron chi connectivity index (χ1n) is 8.01. The Bertz CT molecular complexity index is 1000. The molecule has 1 aromatic heterocycles. The molecule has 1 heterocycles. The maximum atomic E-state index is 12.3. The summed E-state index contributed by atoms with van der Waals surface area (Å²) in [5, 5.41) is 9.61. The Morgan fingerprint density at radius 3 is 2.58 bits per heavy atom. The molecule has 0 aliphatic carbocycles. The van der Waals surface area contributed by atoms with E-state index in [1.54, 1.807) is 0 Å². The molecule has 0 spiro atoms. The number of rotatable bonds is 6. The molecule has 7 heteroatoms. The van der Waals surface area contributed by atoms with Crippen molar-refractivity contribution < 1.29 is 23.8 Å². The van der Waals surface area contributed by atoms with Crippen LogP contribution in [0.15, 0.2) is 57.7 Å². The van der Waals surface area contributed by atoms with Gasteiger partial charge in [-0.25, -0.2) is 14.4 Å². The first kappa shape index (κ1) is 17.5. The monoisotopic (exact) mass is 355 g/mol. The molecular formula is C19H17NO6. The van der Waals surface area contributed by atoms with Gasteiger partial charge in [-0.15, -0.1) is 0 Å². The number of carboxylic acid groups (broad SMARTS) is 1. The summed E-state index contributed by atoms with van der Waals surface area (Å²) in [7, 11) is 1.25. The van der Waals surface area contributed by atoms with Crippen LogP contribution in [0.2, 0.25) is 0 Å². The average Bonchev–Trinajstić information content (AvgIpc) is 2.97. The van der Waals surface area contributed by atoms with Crippen LogP contribution in [0.3, 0.4) is 0 Å². The molecule has 3 rings (SSSR count). The quantitative estimate of drug-likeness (QED) is 0.683. The van der Waals surface area contributed by atoms with Gasteiger partial charge in [-0.2, -0.15) is 0 Å². The molecule has 1 N–H and O–H groups in total. The number of aromatic nitrogens is 1. The van der Waals surface area contributed by atoms with E-state index < -0.39 is 23.7 Å². The van der Waals surface area contributed by atoms with Gasteiger partial charge >= 0.3 is 17.7 Å². The van der Waals surface area contributed by atoms with Crippen LogP contribution in [0.4, 0.5) is 0 Å². The fourth-order valence-corrected chi connectivity index (χ4v) is 2.89. The van der Waals surface area contributed by atoms with Crippen LogP contribution < -0.4 is 5.76 Å². The molecule has 7 nitrogen and oxygen atoms in total. The van der Waals surface area contributed by atoms with Crippen LogP contribution in [0.5, 0.6) is 0 Å². The molecular weight excluding hydrogens is 338 g/mol. The highest BCUT2D eigenvalue weighted by molar-refractivity contribution is 5.93. The number of carbonyl (C=O) groups excluding carboxylic acids is 1. The number of carboxylic acids is 1. The number of fused-ring (bicyclic) bond motifs is 1. The number of carbonyl (C=O) groups is 2. The minimum absolute atomic E-state index is 0.142. The predicted octanol–water partition coefficient (Wildman–Crippen LogP) is 2.64. The number of oxazole rings is 1. The van der Waals surface area contributed by atoms with Crippen LogP contribution in [0.1, 0.15) is 28.4 Å². The van der Waals surface area contributed by atoms with Crippen LogP contribution in [-0.2, 0) is 16.0 Å². The second-order valence-corrected chi connectivity index (χ2v) is 5.79. The van der Waals surface area contributed by atoms with Crippen LogP contribution in [0.25, 0.3) is 11.1 Å². The van der Waals surface area contributed by atoms with Crippen LogP contribution in [-0.4, -0.2) is 28.7 Å². The summed E-state index contributed by atoms with van der Waals surface area (Å²) in [4.78, 5) is 35.6. The predicted molar refractivity (Wildman–Crippen MR) is 93.2 cm³/mol. The highest BCUT2D eigenvalue weighted by atomic mass is 16.5. The Hall–Kier alpha value is -3.35. The van der Waals surface area contributed by atoms with E-state index in [4.69, 9.17) is 4.42 Å². The maximum absolute atomic E-state index is 12.3. The molecule has 26 heavy (non-hydrogen) atoms. The number of methoxy groups -OCH3 is 1. The molecule has 0 amide bonds. The fourth-order valence-electron chi connectivity index (χ4n) is 2.89. The number of benzene rings is 2. The molecule has 1 unspecified atom stereocenters. The van der Waals surface area contributed by atoms with E-state index in [2.05, 4.69) is 4.74 Å². The largest absolute Gasteiger partial charge is 0.480 e. The number of ether oxygens (including phenoxy) is 1. The molecule has 0 radical (unpaired) electrons. The van der Waals surface area contributed by atoms with Gasteiger partial charge in [-0.1, -0.05) is 30.3 Å². The normalized spacial score (nSPS) is 12.0. The van der Waals surface area contributed by atoms with E-state index in [-0.39, 0.29) is 17.6 Å². The molecule has 0 aliphatic rings. The Kier molecular flexibility index (Phi) is 4.88. The van der Waals surface area contributed by atoms with Crippen LogP contribution >= 0.6 is 0 Å². The molecule has 0 aliphatic heterocycles. The number of aliphatic carboxylic acids is 1. The second kappa shape index (κ2) is 7.26. The average molecular weight is 355 g/mol. The molecule has 0 saturated heterocycles. The van der Waals surface area contributed by atoms with Gasteiger partial charge in [-0.3, -0.25) is 4.57 Å². The van der Waals surface area contributed by atoms with Crippen molar-refractivity contribution in [3.63, 3.8) is 0 Å². The topological polar surface area (TPSA) is 98.7 Å². The van der Waals surface area contributed by atoms with Crippen molar-refractivity contribution >= 4 is 23.0 Å². The van der Waals surface area contributed by atoms with Gasteiger partial charge in [-0.05, 0) is 36.6 Å². The van der Waals surface area contributed by atoms with Gasteiger partial charge in [0.05, 0.1) is 18.2 Å². The Balaban J connectivity index is 1.97. The minimum atomic E-state index is -1.12. The van der Waals surface area contributed by atoms with E-state index in [1.807, 2.05) is 30.3 Å². The van der Waals surface area contributed by atoms with Crippen molar-refractivity contribution in [2.75, 3.05) is 7.11 Å². The van der Waals surface area contributed by atoms with Gasteiger partial charge in [0.1, 0.15) is 6.04 Å². The van der Waals surface area contributed by atoms with E-state index in [0.29, 0.717) is 11.9 Å². The summed E-state index contributed by atoms with van der Waals surface area (Å²) in [6.07, 6.45) is 0.726. The Labute approximate surface area is 148 Å². The van der Waals surface area contributed by atoms with Gasteiger partial charge in [0, 0.05) is 0 Å². The summed E-state index contributed by atoms with van der Waals surface area (Å²) < 4.78 is 10.9. The lowest BCUT2D eigenvalue weighted by Crippen LogP contribution is -2.27. The number of aryl methyl sites for hydroxylation is 1. The lowest BCUT2D eigenvalue weighted by Gasteiger charge is -2.13. The van der Waals surface area contributed by atoms with E-state index >= 15 is 0 Å². The molecule has 2 aromatic carbocycles. The van der Waals surface area contributed by atoms with Crippen molar-refractivity contribution in [2.24, 2.45) is 0 Å². The summed E-state index contributed by atoms with van der Waals surface area (Å²) in [6, 6.07) is 12.7. The van der Waals surface area contributed by atoms with E-state index in [0.717, 1.165) is 10.1 Å². The SMILES string of the molecule is COC(=O)c1ccc2c(c1)oc(=O)n2C(CCc1ccccc1)C(=O)O. The summed E-state index contributed by atoms with van der Waals surface area (Å²) in [6.45, 7) is 0. The summed E-state index contributed by atoms with van der Waals surface area (Å²) in [5.41, 5.74) is 1.66. The molecule has 0 saturated carbocycles. The smallest absolute Gasteiger partial charge is 0.420 e. The van der Waals surface area contributed by atoms with Gasteiger partial charge in [0.15, 0.2) is 5.58 Å². The highest BCUT2D eigenvalue weighted by Gasteiger charge is 2.25. The zero-order valence-electron chi connectivity index (χ0n) is 14.0. The van der Waals surface area contributed by atoms with Gasteiger partial charge in [0.25, 0.3) is 0 Å². The van der Waals surface area contributed by atoms with Gasteiger partial charge < -0.3 is 14.3 Å². The number of esters is 1. The van der Waals surface area contributed by atoms with Crippen molar-refractivity contribution in [1.82, 2.24) is 4.57 Å². The standard InChI is InChI=1S/C19H17NO6/c1-25-18(23)13-8-10-14-16(11-13)26-19(24)20(14)15(17(21)22)9-7-12-5-3-2-4-6-12/h2-6,8,10-11,15H,7,9H2,1H3,(H,21,22). The maximum Gasteiger partial charge on any atom is 0.420 e. The summed E-state index contributed by atoms with van der Waals surface area (Å²) in [5.74, 6) is -2.47.